The zero-order valence-electron chi connectivity index (χ0n) is 18.6. The molecule has 10 heteroatoms. The van der Waals surface area contributed by atoms with Crippen molar-refractivity contribution < 1.29 is 18.3 Å². The molecule has 1 saturated heterocycles. The summed E-state index contributed by atoms with van der Waals surface area (Å²) in [5.74, 6) is 0.359. The van der Waals surface area contributed by atoms with E-state index in [1.807, 2.05) is 24.3 Å². The van der Waals surface area contributed by atoms with Gasteiger partial charge in [-0.25, -0.2) is 4.98 Å². The minimum absolute atomic E-state index is 0.0312. The normalized spacial score (nSPS) is 20.4. The van der Waals surface area contributed by atoms with E-state index in [1.54, 1.807) is 23.5 Å². The number of nitrogens with two attached hydrogens (primary N) is 1. The average molecular weight is 470 g/mol. The molecule has 1 aliphatic rings. The predicted molar refractivity (Wildman–Crippen MR) is 122 cm³/mol. The topological polar surface area (TPSA) is 92.6 Å². The first-order valence-electron chi connectivity index (χ1n) is 11.1. The number of aliphatic hydroxyl groups is 1. The van der Waals surface area contributed by atoms with Crippen molar-refractivity contribution in [3.05, 3.63) is 59.8 Å². The monoisotopic (exact) mass is 470 g/mol. The summed E-state index contributed by atoms with van der Waals surface area (Å²) in [6.07, 6.45) is -2.01. The summed E-state index contributed by atoms with van der Waals surface area (Å²) in [7, 11) is 0. The molecule has 0 radical (unpaired) electrons. The van der Waals surface area contributed by atoms with E-state index in [0.717, 1.165) is 10.9 Å². The molecular weight excluding hydrogens is 445 g/mol. The lowest BCUT2D eigenvalue weighted by Gasteiger charge is -2.31. The maximum Gasteiger partial charge on any atom is 0.408 e. The zero-order valence-corrected chi connectivity index (χ0v) is 18.6. The van der Waals surface area contributed by atoms with Crippen molar-refractivity contribution in [3.63, 3.8) is 0 Å². The van der Waals surface area contributed by atoms with Gasteiger partial charge in [-0.15, -0.1) is 10.2 Å². The molecule has 0 bridgehead atoms. The average Bonchev–Trinajstić information content (AvgIpc) is 3.35. The number of benzene rings is 1. The maximum atomic E-state index is 14.2. The van der Waals surface area contributed by atoms with Gasteiger partial charge in [0.2, 0.25) is 0 Å². The van der Waals surface area contributed by atoms with E-state index >= 15 is 0 Å². The molecule has 2 atom stereocenters. The van der Waals surface area contributed by atoms with Gasteiger partial charge in [0.25, 0.3) is 0 Å². The summed E-state index contributed by atoms with van der Waals surface area (Å²) in [5.41, 5.74) is 8.15. The second-order valence-corrected chi connectivity index (χ2v) is 9.23. The molecule has 1 unspecified atom stereocenters. The number of aromatic nitrogens is 4. The van der Waals surface area contributed by atoms with E-state index < -0.39 is 17.8 Å². The molecule has 5 rings (SSSR count). The Morgan fingerprint density at radius 2 is 1.94 bits per heavy atom. The van der Waals surface area contributed by atoms with Crippen LogP contribution in [0.4, 0.5) is 13.2 Å². The number of pyridine rings is 2. The molecule has 178 valence electrons. The molecule has 0 saturated carbocycles. The molecule has 1 aromatic carbocycles. The van der Waals surface area contributed by atoms with Crippen LogP contribution in [0.25, 0.3) is 28.1 Å². The molecule has 3 aromatic heterocycles. The van der Waals surface area contributed by atoms with Gasteiger partial charge in [-0.3, -0.25) is 9.30 Å². The fourth-order valence-corrected chi connectivity index (χ4v) is 4.66. The van der Waals surface area contributed by atoms with Crippen LogP contribution in [0.1, 0.15) is 30.5 Å². The summed E-state index contributed by atoms with van der Waals surface area (Å²) < 4.78 is 44.1. The van der Waals surface area contributed by atoms with Crippen LogP contribution in [0.2, 0.25) is 0 Å². The van der Waals surface area contributed by atoms with Gasteiger partial charge >= 0.3 is 6.18 Å². The Labute approximate surface area is 194 Å². The Bertz CT molecular complexity index is 1350. The van der Waals surface area contributed by atoms with Crippen LogP contribution in [0.3, 0.4) is 0 Å². The van der Waals surface area contributed by atoms with Crippen molar-refractivity contribution in [2.45, 2.75) is 37.5 Å². The van der Waals surface area contributed by atoms with E-state index in [2.05, 4.69) is 15.2 Å². The number of rotatable bonds is 5. The van der Waals surface area contributed by atoms with Crippen LogP contribution in [0, 0.1) is 0 Å². The highest BCUT2D eigenvalue weighted by Crippen LogP contribution is 2.40. The second kappa shape index (κ2) is 8.30. The third kappa shape index (κ3) is 4.24. The first kappa shape index (κ1) is 22.7. The van der Waals surface area contributed by atoms with Crippen molar-refractivity contribution in [1.29, 1.82) is 0 Å². The molecule has 4 aromatic rings. The van der Waals surface area contributed by atoms with Gasteiger partial charge in [-0.1, -0.05) is 24.3 Å². The summed E-state index contributed by atoms with van der Waals surface area (Å²) in [6, 6.07) is 10.6. The number of likely N-dealkylation sites (tertiary alicyclic amines) is 1. The molecule has 34 heavy (non-hydrogen) atoms. The summed E-state index contributed by atoms with van der Waals surface area (Å²) in [6.45, 7) is 2.24. The standard InChI is InChI=1S/C24H25F3N6O/c1-23(28)9-10-32(14-23)21(24(25,26)27)17-5-7-20-30-31-22(33(20)13-17)18-6-4-16-3-2-15(8-11-34)12-19(16)29-18/h2-7,12-13,21,34H,8-11,14,28H2,1H3/t21-,23?/m0/s1. The molecular formula is C24H25F3N6O. The number of alkyl halides is 3. The lowest BCUT2D eigenvalue weighted by Crippen LogP contribution is -2.43. The van der Waals surface area contributed by atoms with Gasteiger partial charge in [0.1, 0.15) is 11.7 Å². The van der Waals surface area contributed by atoms with Crippen LogP contribution in [0.15, 0.2) is 48.7 Å². The SMILES string of the molecule is CC1(N)CCN([C@@H](c2ccc3nnc(-c4ccc5ccc(CCO)cc5n4)n3c2)C(F)(F)F)C1. The molecule has 4 heterocycles. The molecule has 0 aliphatic carbocycles. The van der Waals surface area contributed by atoms with Crippen LogP contribution >= 0.6 is 0 Å². The maximum absolute atomic E-state index is 14.2. The Balaban J connectivity index is 1.58. The fourth-order valence-electron chi connectivity index (χ4n) is 4.66. The highest BCUT2D eigenvalue weighted by atomic mass is 19.4. The summed E-state index contributed by atoms with van der Waals surface area (Å²) in [4.78, 5) is 6.07. The van der Waals surface area contributed by atoms with Crippen LogP contribution in [0.5, 0.6) is 0 Å². The number of nitrogens with zero attached hydrogens (tertiary/aromatic N) is 5. The minimum atomic E-state index is -4.47. The van der Waals surface area contributed by atoms with Gasteiger partial charge in [-0.2, -0.15) is 13.2 Å². The first-order valence-corrected chi connectivity index (χ1v) is 11.1. The highest BCUT2D eigenvalue weighted by molar-refractivity contribution is 5.81. The molecule has 1 aliphatic heterocycles. The van der Waals surface area contributed by atoms with E-state index in [1.165, 1.54) is 17.2 Å². The Hall–Kier alpha value is -3.08. The third-order valence-corrected chi connectivity index (χ3v) is 6.34. The van der Waals surface area contributed by atoms with Crippen molar-refractivity contribution in [1.82, 2.24) is 24.5 Å². The lowest BCUT2D eigenvalue weighted by atomic mass is 10.0. The van der Waals surface area contributed by atoms with E-state index in [0.29, 0.717) is 35.5 Å². The van der Waals surface area contributed by atoms with E-state index in [-0.39, 0.29) is 25.3 Å². The van der Waals surface area contributed by atoms with E-state index in [9.17, 15) is 18.3 Å². The van der Waals surface area contributed by atoms with Crippen molar-refractivity contribution in [2.75, 3.05) is 19.7 Å². The Kier molecular flexibility index (Phi) is 5.54. The van der Waals surface area contributed by atoms with Crippen molar-refractivity contribution in [2.24, 2.45) is 5.73 Å². The van der Waals surface area contributed by atoms with Crippen LogP contribution in [-0.4, -0.2) is 61.0 Å². The molecule has 1 fully saturated rings. The summed E-state index contributed by atoms with van der Waals surface area (Å²) >= 11 is 0. The van der Waals surface area contributed by atoms with Gasteiger partial charge < -0.3 is 10.8 Å². The molecule has 3 N–H and O–H groups in total. The number of hydrogen-bond acceptors (Lipinski definition) is 6. The highest BCUT2D eigenvalue weighted by Gasteiger charge is 2.48. The Morgan fingerprint density at radius 3 is 2.65 bits per heavy atom. The molecule has 0 spiro atoms. The number of fused-ring (bicyclic) bond motifs is 2. The van der Waals surface area contributed by atoms with E-state index in [4.69, 9.17) is 5.73 Å². The van der Waals surface area contributed by atoms with Crippen molar-refractivity contribution in [3.8, 4) is 11.5 Å². The largest absolute Gasteiger partial charge is 0.408 e. The minimum Gasteiger partial charge on any atom is -0.396 e. The van der Waals surface area contributed by atoms with Crippen LogP contribution < -0.4 is 5.73 Å². The van der Waals surface area contributed by atoms with Crippen molar-refractivity contribution >= 4 is 16.6 Å². The number of hydrogen-bond donors (Lipinski definition) is 2. The van der Waals surface area contributed by atoms with Gasteiger partial charge in [0.15, 0.2) is 11.5 Å². The number of halogens is 3. The van der Waals surface area contributed by atoms with Crippen LogP contribution in [-0.2, 0) is 6.42 Å². The second-order valence-electron chi connectivity index (χ2n) is 9.23. The quantitative estimate of drug-likeness (QED) is 0.464. The first-order chi connectivity index (χ1) is 16.1. The zero-order chi connectivity index (χ0) is 24.1. The third-order valence-electron chi connectivity index (χ3n) is 6.34. The van der Waals surface area contributed by atoms with Gasteiger partial charge in [0, 0.05) is 36.8 Å². The predicted octanol–water partition coefficient (Wildman–Crippen LogP) is 3.51. The van der Waals surface area contributed by atoms with Gasteiger partial charge in [0.05, 0.1) is 5.52 Å². The molecule has 0 amide bonds. The lowest BCUT2D eigenvalue weighted by molar-refractivity contribution is -0.184. The smallest absolute Gasteiger partial charge is 0.396 e. The summed E-state index contributed by atoms with van der Waals surface area (Å²) in [5, 5.41) is 18.5. The molecule has 7 nitrogen and oxygen atoms in total. The van der Waals surface area contributed by atoms with Gasteiger partial charge in [-0.05, 0) is 49.1 Å². The Morgan fingerprint density at radius 1 is 1.15 bits per heavy atom. The fraction of sp³-hybridized carbons (Fsp3) is 0.375. The number of aliphatic hydroxyl groups excluding tert-OH is 1.